The van der Waals surface area contributed by atoms with Crippen LogP contribution in [-0.2, 0) is 9.68 Å². The van der Waals surface area contributed by atoms with Gasteiger partial charge in [0, 0.05) is 7.05 Å². The van der Waals surface area contributed by atoms with Gasteiger partial charge in [0.2, 0.25) is 0 Å². The average molecular weight is 190 g/mol. The predicted octanol–water partition coefficient (Wildman–Crippen LogP) is 1.31. The van der Waals surface area contributed by atoms with Gasteiger partial charge < -0.3 is 0 Å². The van der Waals surface area contributed by atoms with Gasteiger partial charge in [0.25, 0.3) is 0 Å². The first kappa shape index (κ1) is 12.2. The van der Waals surface area contributed by atoms with Crippen molar-refractivity contribution in [3.63, 3.8) is 0 Å². The maximum absolute atomic E-state index is 11.1. The summed E-state index contributed by atoms with van der Waals surface area (Å²) >= 11 is 0. The van der Waals surface area contributed by atoms with Crippen molar-refractivity contribution in [2.24, 2.45) is 0 Å². The topological polar surface area (TPSA) is 50.8 Å². The van der Waals surface area contributed by atoms with E-state index in [-0.39, 0.29) is 6.03 Å². The van der Waals surface area contributed by atoms with E-state index in [9.17, 15) is 4.79 Å². The molecule has 0 aliphatic heterocycles. The molecule has 0 atom stereocenters. The molecule has 13 heavy (non-hydrogen) atoms. The van der Waals surface area contributed by atoms with Crippen molar-refractivity contribution in [3.8, 4) is 0 Å². The molecule has 0 radical (unpaired) electrons. The van der Waals surface area contributed by atoms with Crippen LogP contribution in [0.4, 0.5) is 4.79 Å². The molecule has 78 valence electrons. The Balaban J connectivity index is 3.45. The minimum absolute atomic E-state index is 0.387. The molecule has 0 bridgehead atoms. The highest BCUT2D eigenvalue weighted by molar-refractivity contribution is 5.71. The van der Waals surface area contributed by atoms with Crippen molar-refractivity contribution >= 4 is 6.03 Å². The smallest absolute Gasteiger partial charge is 0.272 e. The monoisotopic (exact) mass is 190 g/mol. The number of rotatable bonds is 6. The molecule has 0 aromatic heterocycles. The van der Waals surface area contributed by atoms with Gasteiger partial charge in [-0.05, 0) is 12.8 Å². The summed E-state index contributed by atoms with van der Waals surface area (Å²) < 4.78 is 0. The van der Waals surface area contributed by atoms with E-state index in [1.54, 1.807) is 7.05 Å². The van der Waals surface area contributed by atoms with E-state index in [4.69, 9.17) is 9.68 Å². The Labute approximate surface area is 78.9 Å². The highest BCUT2D eigenvalue weighted by Crippen LogP contribution is 1.89. The van der Waals surface area contributed by atoms with Crippen LogP contribution in [0.3, 0.4) is 0 Å². The third-order valence-electron chi connectivity index (χ3n) is 1.24. The molecule has 0 fully saturated rings. The largest absolute Gasteiger partial charge is 0.364 e. The van der Waals surface area contributed by atoms with Crippen LogP contribution >= 0.6 is 0 Å². The van der Waals surface area contributed by atoms with Crippen LogP contribution in [0.5, 0.6) is 0 Å². The lowest BCUT2D eigenvalue weighted by atomic mass is 10.5. The molecule has 0 aromatic rings. The third-order valence-corrected chi connectivity index (χ3v) is 1.24. The van der Waals surface area contributed by atoms with E-state index in [0.717, 1.165) is 17.9 Å². The first-order chi connectivity index (χ1) is 6.22. The van der Waals surface area contributed by atoms with E-state index >= 15 is 0 Å². The molecular weight excluding hydrogens is 172 g/mol. The average Bonchev–Trinajstić information content (AvgIpc) is 2.14. The Bertz CT molecular complexity index is 141. The number of nitrogens with one attached hydrogen (secondary N) is 1. The minimum Gasteiger partial charge on any atom is -0.272 e. The van der Waals surface area contributed by atoms with Gasteiger partial charge in [0.15, 0.2) is 0 Å². The van der Waals surface area contributed by atoms with E-state index in [1.807, 2.05) is 13.8 Å². The number of hydroxylamine groups is 3. The van der Waals surface area contributed by atoms with E-state index in [1.165, 1.54) is 0 Å². The van der Waals surface area contributed by atoms with Crippen molar-refractivity contribution in [3.05, 3.63) is 0 Å². The molecule has 5 nitrogen and oxygen atoms in total. The fourth-order valence-electron chi connectivity index (χ4n) is 0.566. The zero-order valence-electron chi connectivity index (χ0n) is 8.50. The third kappa shape index (κ3) is 6.36. The van der Waals surface area contributed by atoms with E-state index in [2.05, 4.69) is 5.48 Å². The van der Waals surface area contributed by atoms with Gasteiger partial charge in [-0.1, -0.05) is 13.8 Å². The second-order valence-corrected chi connectivity index (χ2v) is 2.59. The van der Waals surface area contributed by atoms with Crippen LogP contribution < -0.4 is 5.48 Å². The molecule has 0 rings (SSSR count). The normalized spacial score (nSPS) is 9.77. The summed E-state index contributed by atoms with van der Waals surface area (Å²) in [5.41, 5.74) is 2.25. The standard InChI is InChI=1S/C8H18N2O3/c1-4-6-12-9-8(11)10(3)13-7-5-2/h4-7H2,1-3H3,(H,9,11). The number of urea groups is 1. The Morgan fingerprint density at radius 1 is 1.31 bits per heavy atom. The van der Waals surface area contributed by atoms with Gasteiger partial charge in [-0.3, -0.25) is 9.68 Å². The molecule has 0 heterocycles. The summed E-state index contributed by atoms with van der Waals surface area (Å²) in [6.07, 6.45) is 1.73. The molecular formula is C8H18N2O3. The minimum atomic E-state index is -0.387. The first-order valence-electron chi connectivity index (χ1n) is 4.50. The second kappa shape index (κ2) is 7.82. The molecule has 0 aromatic carbocycles. The second-order valence-electron chi connectivity index (χ2n) is 2.59. The zero-order chi connectivity index (χ0) is 10.1. The number of hydrogen-bond acceptors (Lipinski definition) is 3. The Kier molecular flexibility index (Phi) is 7.33. The summed E-state index contributed by atoms with van der Waals surface area (Å²) in [5, 5.41) is 1.12. The van der Waals surface area contributed by atoms with Crippen molar-refractivity contribution < 1.29 is 14.5 Å². The van der Waals surface area contributed by atoms with Crippen molar-refractivity contribution in [2.75, 3.05) is 20.3 Å². The first-order valence-corrected chi connectivity index (χ1v) is 4.50. The Morgan fingerprint density at radius 2 is 1.92 bits per heavy atom. The fourth-order valence-corrected chi connectivity index (χ4v) is 0.566. The van der Waals surface area contributed by atoms with Crippen molar-refractivity contribution in [1.82, 2.24) is 10.5 Å². The van der Waals surface area contributed by atoms with Crippen molar-refractivity contribution in [1.29, 1.82) is 0 Å². The van der Waals surface area contributed by atoms with Gasteiger partial charge in [0.1, 0.15) is 0 Å². The fraction of sp³-hybridized carbons (Fsp3) is 0.875. The zero-order valence-corrected chi connectivity index (χ0v) is 8.50. The maximum Gasteiger partial charge on any atom is 0.364 e. The summed E-state index contributed by atoms with van der Waals surface area (Å²) in [5.74, 6) is 0. The molecule has 5 heteroatoms. The Morgan fingerprint density at radius 3 is 2.46 bits per heavy atom. The summed E-state index contributed by atoms with van der Waals surface area (Å²) in [7, 11) is 1.54. The van der Waals surface area contributed by atoms with Gasteiger partial charge in [-0.15, -0.1) is 0 Å². The number of hydrogen-bond donors (Lipinski definition) is 1. The summed E-state index contributed by atoms with van der Waals surface area (Å²) in [6, 6.07) is -0.387. The maximum atomic E-state index is 11.1. The molecule has 0 unspecified atom stereocenters. The van der Waals surface area contributed by atoms with Crippen molar-refractivity contribution in [2.45, 2.75) is 26.7 Å². The molecule has 2 amide bonds. The molecule has 0 saturated carbocycles. The van der Waals surface area contributed by atoms with Crippen LogP contribution in [-0.4, -0.2) is 31.4 Å². The van der Waals surface area contributed by atoms with Crippen LogP contribution in [0.1, 0.15) is 26.7 Å². The molecule has 0 aliphatic rings. The quantitative estimate of drug-likeness (QED) is 0.507. The highest BCUT2D eigenvalue weighted by Gasteiger charge is 2.07. The van der Waals surface area contributed by atoms with Gasteiger partial charge in [0.05, 0.1) is 13.2 Å². The number of carbonyl (C=O) groups excluding carboxylic acids is 1. The van der Waals surface area contributed by atoms with Gasteiger partial charge in [-0.25, -0.2) is 15.3 Å². The predicted molar refractivity (Wildman–Crippen MR) is 48.8 cm³/mol. The molecule has 0 spiro atoms. The molecule has 0 saturated heterocycles. The summed E-state index contributed by atoms with van der Waals surface area (Å²) in [6.45, 7) is 4.97. The number of carbonyl (C=O) groups is 1. The lowest BCUT2D eigenvalue weighted by Crippen LogP contribution is -2.37. The number of nitrogens with zero attached hydrogens (tertiary/aromatic N) is 1. The SMILES string of the molecule is CCCONC(=O)N(C)OCCC. The Hall–Kier alpha value is -0.810. The summed E-state index contributed by atoms with van der Waals surface area (Å²) in [4.78, 5) is 20.9. The molecule has 1 N–H and O–H groups in total. The highest BCUT2D eigenvalue weighted by atomic mass is 16.7. The van der Waals surface area contributed by atoms with Crippen LogP contribution in [0.25, 0.3) is 0 Å². The lowest BCUT2D eigenvalue weighted by molar-refractivity contribution is -0.110. The van der Waals surface area contributed by atoms with Crippen LogP contribution in [0, 0.1) is 0 Å². The number of amides is 2. The van der Waals surface area contributed by atoms with Crippen LogP contribution in [0.2, 0.25) is 0 Å². The lowest BCUT2D eigenvalue weighted by Gasteiger charge is -2.16. The van der Waals surface area contributed by atoms with E-state index < -0.39 is 0 Å². The van der Waals surface area contributed by atoms with Crippen LogP contribution in [0.15, 0.2) is 0 Å². The van der Waals surface area contributed by atoms with E-state index in [0.29, 0.717) is 13.2 Å². The van der Waals surface area contributed by atoms with Gasteiger partial charge >= 0.3 is 6.03 Å². The van der Waals surface area contributed by atoms with Gasteiger partial charge in [-0.2, -0.15) is 0 Å². The molecule has 0 aliphatic carbocycles.